The van der Waals surface area contributed by atoms with Crippen molar-refractivity contribution in [2.45, 2.75) is 12.8 Å². The molecule has 6 nitrogen and oxygen atoms in total. The Balaban J connectivity index is 1.30. The number of hydrogen-bond donors (Lipinski definition) is 0. The van der Waals surface area contributed by atoms with Gasteiger partial charge in [-0.05, 0) is 24.5 Å². The van der Waals surface area contributed by atoms with Crippen molar-refractivity contribution in [3.8, 4) is 0 Å². The van der Waals surface area contributed by atoms with E-state index in [-0.39, 0.29) is 5.91 Å². The molecule has 3 heterocycles. The molecule has 28 heavy (non-hydrogen) atoms. The maximum Gasteiger partial charge on any atom is 0.272 e. The molecule has 2 fully saturated rings. The highest BCUT2D eigenvalue weighted by Crippen LogP contribution is 2.15. The van der Waals surface area contributed by atoms with E-state index in [4.69, 9.17) is 0 Å². The van der Waals surface area contributed by atoms with Gasteiger partial charge >= 0.3 is 0 Å². The molecule has 1 aromatic heterocycles. The highest BCUT2D eigenvalue weighted by molar-refractivity contribution is 5.92. The standard InChI is InChI=1S/C22H27N5O/c28-21(26-13-4-5-14-26)20-10-11-23-22(24-20)27-17-15-25(16-18-27)12-6-9-19-7-2-1-3-8-19/h1-3,6-11H,4-5,12-18H2/b9-6+. The fraction of sp³-hybridized carbons (Fsp3) is 0.409. The molecular formula is C22H27N5O. The van der Waals surface area contributed by atoms with E-state index in [9.17, 15) is 4.79 Å². The maximum absolute atomic E-state index is 12.6. The van der Waals surface area contributed by atoms with Gasteiger partial charge in [-0.15, -0.1) is 0 Å². The number of rotatable bonds is 5. The van der Waals surface area contributed by atoms with Crippen LogP contribution in [0.4, 0.5) is 5.95 Å². The van der Waals surface area contributed by atoms with Crippen molar-refractivity contribution in [1.82, 2.24) is 19.8 Å². The van der Waals surface area contributed by atoms with Gasteiger partial charge in [-0.25, -0.2) is 9.97 Å². The summed E-state index contributed by atoms with van der Waals surface area (Å²) < 4.78 is 0. The van der Waals surface area contributed by atoms with Crippen molar-refractivity contribution >= 4 is 17.9 Å². The van der Waals surface area contributed by atoms with Gasteiger partial charge in [0.2, 0.25) is 5.95 Å². The molecule has 4 rings (SSSR count). The van der Waals surface area contributed by atoms with E-state index in [1.807, 2.05) is 11.0 Å². The van der Waals surface area contributed by atoms with Gasteiger partial charge in [0.1, 0.15) is 5.69 Å². The Morgan fingerprint density at radius 1 is 0.964 bits per heavy atom. The summed E-state index contributed by atoms with van der Waals surface area (Å²) in [5.74, 6) is 0.704. The molecule has 2 aliphatic heterocycles. The number of hydrogen-bond acceptors (Lipinski definition) is 5. The Morgan fingerprint density at radius 3 is 2.46 bits per heavy atom. The van der Waals surface area contributed by atoms with E-state index >= 15 is 0 Å². The average molecular weight is 377 g/mol. The van der Waals surface area contributed by atoms with Gasteiger partial charge < -0.3 is 9.80 Å². The molecule has 0 atom stereocenters. The van der Waals surface area contributed by atoms with Crippen LogP contribution in [0.5, 0.6) is 0 Å². The molecule has 1 amide bonds. The SMILES string of the molecule is O=C(c1ccnc(N2CCN(C/C=C/c3ccccc3)CC2)n1)N1CCCC1. The van der Waals surface area contributed by atoms with Crippen molar-refractivity contribution < 1.29 is 4.79 Å². The Kier molecular flexibility index (Phi) is 5.97. The van der Waals surface area contributed by atoms with Gasteiger partial charge in [0.15, 0.2) is 0 Å². The number of aromatic nitrogens is 2. The summed E-state index contributed by atoms with van der Waals surface area (Å²) in [6.07, 6.45) is 8.27. The van der Waals surface area contributed by atoms with Crippen LogP contribution < -0.4 is 4.90 Å². The Labute approximate surface area is 166 Å². The number of benzene rings is 1. The lowest BCUT2D eigenvalue weighted by molar-refractivity contribution is 0.0787. The molecule has 2 aromatic rings. The molecule has 1 aromatic carbocycles. The van der Waals surface area contributed by atoms with Crippen molar-refractivity contribution in [1.29, 1.82) is 0 Å². The summed E-state index contributed by atoms with van der Waals surface area (Å²) in [6.45, 7) is 6.30. The third-order valence-electron chi connectivity index (χ3n) is 5.38. The van der Waals surface area contributed by atoms with Crippen LogP contribution in [0.2, 0.25) is 0 Å². The summed E-state index contributed by atoms with van der Waals surface area (Å²) in [4.78, 5) is 28.0. The first kappa shape index (κ1) is 18.6. The molecule has 146 valence electrons. The van der Waals surface area contributed by atoms with E-state index < -0.39 is 0 Å². The molecule has 0 saturated carbocycles. The first-order valence-corrected chi connectivity index (χ1v) is 10.1. The number of carbonyl (C=O) groups excluding carboxylic acids is 1. The summed E-state index contributed by atoms with van der Waals surface area (Å²) in [5.41, 5.74) is 1.74. The molecule has 0 radical (unpaired) electrons. The first-order chi connectivity index (χ1) is 13.8. The van der Waals surface area contributed by atoms with Crippen molar-refractivity contribution in [2.75, 3.05) is 50.7 Å². The van der Waals surface area contributed by atoms with Gasteiger partial charge in [-0.3, -0.25) is 9.69 Å². The number of nitrogens with zero attached hydrogens (tertiary/aromatic N) is 5. The maximum atomic E-state index is 12.6. The topological polar surface area (TPSA) is 52.6 Å². The summed E-state index contributed by atoms with van der Waals surface area (Å²) >= 11 is 0. The predicted octanol–water partition coefficient (Wildman–Crippen LogP) is 2.55. The monoisotopic (exact) mass is 377 g/mol. The second-order valence-electron chi connectivity index (χ2n) is 7.34. The Hall–Kier alpha value is -2.73. The average Bonchev–Trinajstić information content (AvgIpc) is 3.30. The molecule has 2 aliphatic rings. The van der Waals surface area contributed by atoms with Crippen LogP contribution in [0, 0.1) is 0 Å². The Bertz CT molecular complexity index is 809. The third-order valence-corrected chi connectivity index (χ3v) is 5.38. The second-order valence-corrected chi connectivity index (χ2v) is 7.34. The molecule has 0 unspecified atom stereocenters. The predicted molar refractivity (Wildman–Crippen MR) is 111 cm³/mol. The minimum Gasteiger partial charge on any atom is -0.338 e. The first-order valence-electron chi connectivity index (χ1n) is 10.1. The van der Waals surface area contributed by atoms with Crippen molar-refractivity contribution in [3.05, 3.63) is 59.9 Å². The number of amides is 1. The van der Waals surface area contributed by atoms with E-state index in [1.54, 1.807) is 12.3 Å². The van der Waals surface area contributed by atoms with Crippen LogP contribution in [0.25, 0.3) is 6.08 Å². The fourth-order valence-electron chi connectivity index (χ4n) is 3.73. The van der Waals surface area contributed by atoms with Crippen molar-refractivity contribution in [2.24, 2.45) is 0 Å². The van der Waals surface area contributed by atoms with E-state index in [1.165, 1.54) is 5.56 Å². The highest BCUT2D eigenvalue weighted by Gasteiger charge is 2.23. The number of anilines is 1. The van der Waals surface area contributed by atoms with Gasteiger partial charge in [-0.1, -0.05) is 42.5 Å². The van der Waals surface area contributed by atoms with Crippen LogP contribution in [0.1, 0.15) is 28.9 Å². The zero-order chi connectivity index (χ0) is 19.2. The number of piperazine rings is 1. The molecular weight excluding hydrogens is 350 g/mol. The van der Waals surface area contributed by atoms with E-state index in [0.29, 0.717) is 11.6 Å². The zero-order valence-corrected chi connectivity index (χ0v) is 16.2. The molecule has 0 spiro atoms. The van der Waals surface area contributed by atoms with Crippen LogP contribution in [-0.4, -0.2) is 71.5 Å². The minimum absolute atomic E-state index is 0.0332. The molecule has 0 N–H and O–H groups in total. The van der Waals surface area contributed by atoms with E-state index in [0.717, 1.165) is 58.7 Å². The number of carbonyl (C=O) groups is 1. The smallest absolute Gasteiger partial charge is 0.272 e. The lowest BCUT2D eigenvalue weighted by atomic mass is 10.2. The van der Waals surface area contributed by atoms with E-state index in [2.05, 4.69) is 56.2 Å². The van der Waals surface area contributed by atoms with Gasteiger partial charge in [-0.2, -0.15) is 0 Å². The molecule has 0 bridgehead atoms. The third kappa shape index (κ3) is 4.57. The number of likely N-dealkylation sites (tertiary alicyclic amines) is 1. The quantitative estimate of drug-likeness (QED) is 0.802. The lowest BCUT2D eigenvalue weighted by Gasteiger charge is -2.34. The molecule has 0 aliphatic carbocycles. The fourth-order valence-corrected chi connectivity index (χ4v) is 3.73. The minimum atomic E-state index is 0.0332. The van der Waals surface area contributed by atoms with Gasteiger partial charge in [0.05, 0.1) is 0 Å². The van der Waals surface area contributed by atoms with Crippen LogP contribution >= 0.6 is 0 Å². The lowest BCUT2D eigenvalue weighted by Crippen LogP contribution is -2.47. The largest absolute Gasteiger partial charge is 0.338 e. The van der Waals surface area contributed by atoms with Crippen LogP contribution in [0.3, 0.4) is 0 Å². The van der Waals surface area contributed by atoms with Crippen LogP contribution in [-0.2, 0) is 0 Å². The van der Waals surface area contributed by atoms with Crippen LogP contribution in [0.15, 0.2) is 48.7 Å². The van der Waals surface area contributed by atoms with Gasteiger partial charge in [0.25, 0.3) is 5.91 Å². The Morgan fingerprint density at radius 2 is 1.71 bits per heavy atom. The summed E-state index contributed by atoms with van der Waals surface area (Å²) in [5, 5.41) is 0. The molecule has 2 saturated heterocycles. The molecule has 6 heteroatoms. The normalized spacial score (nSPS) is 18.1. The summed E-state index contributed by atoms with van der Waals surface area (Å²) in [6, 6.07) is 12.1. The summed E-state index contributed by atoms with van der Waals surface area (Å²) in [7, 11) is 0. The zero-order valence-electron chi connectivity index (χ0n) is 16.2. The van der Waals surface area contributed by atoms with Crippen molar-refractivity contribution in [3.63, 3.8) is 0 Å². The highest BCUT2D eigenvalue weighted by atomic mass is 16.2. The van der Waals surface area contributed by atoms with Gasteiger partial charge in [0, 0.05) is 52.0 Å². The second kappa shape index (κ2) is 8.97.